The van der Waals surface area contributed by atoms with Gasteiger partial charge in [0.1, 0.15) is 6.23 Å². The van der Waals surface area contributed by atoms with E-state index in [1.807, 2.05) is 4.72 Å². The third kappa shape index (κ3) is 4.68. The maximum Gasteiger partial charge on any atom is 0.279 e. The third-order valence-electron chi connectivity index (χ3n) is 0.660. The van der Waals surface area contributed by atoms with Crippen LogP contribution in [0.25, 0.3) is 0 Å². The Balaban J connectivity index is 3.89. The summed E-state index contributed by atoms with van der Waals surface area (Å²) in [5.41, 5.74) is 0. The fourth-order valence-electron chi connectivity index (χ4n) is 0.456. The lowest BCUT2D eigenvalue weighted by Gasteiger charge is -2.07. The van der Waals surface area contributed by atoms with Crippen LogP contribution in [0.5, 0.6) is 0 Å². The van der Waals surface area contributed by atoms with E-state index in [1.54, 1.807) is 6.92 Å². The molecule has 0 rings (SSSR count). The van der Waals surface area contributed by atoms with Gasteiger partial charge < -0.3 is 5.11 Å². The van der Waals surface area contributed by atoms with Gasteiger partial charge in [0.2, 0.25) is 0 Å². The molecule has 0 saturated carbocycles. The molecule has 1 atom stereocenters. The van der Waals surface area contributed by atoms with Gasteiger partial charge in [-0.1, -0.05) is 6.92 Å². The van der Waals surface area contributed by atoms with Crippen LogP contribution in [0.15, 0.2) is 0 Å². The van der Waals surface area contributed by atoms with Crippen molar-refractivity contribution in [1.82, 2.24) is 9.44 Å². The molecule has 0 aliphatic carbocycles. The minimum absolute atomic E-state index is 0.308. The molecule has 0 heterocycles. The van der Waals surface area contributed by atoms with Crippen LogP contribution in [0.2, 0.25) is 0 Å². The molecule has 0 aromatic carbocycles. The smallest absolute Gasteiger partial charge is 0.279 e. The van der Waals surface area contributed by atoms with Gasteiger partial charge in [0.25, 0.3) is 10.2 Å². The summed E-state index contributed by atoms with van der Waals surface area (Å²) in [6, 6.07) is 0. The number of rotatable bonds is 4. The lowest BCUT2D eigenvalue weighted by Crippen LogP contribution is -2.41. The standard InChI is InChI=1S/C4H12N2O3S/c1-3-5-10(8,9)6-4(2)7/h4-7H,3H2,1-2H3. The Kier molecular flexibility index (Phi) is 3.80. The maximum absolute atomic E-state index is 10.7. The van der Waals surface area contributed by atoms with E-state index in [-0.39, 0.29) is 0 Å². The SMILES string of the molecule is CCNS(=O)(=O)NC(C)O. The Morgan fingerprint density at radius 3 is 2.40 bits per heavy atom. The van der Waals surface area contributed by atoms with Gasteiger partial charge in [0.15, 0.2) is 0 Å². The summed E-state index contributed by atoms with van der Waals surface area (Å²) < 4.78 is 25.4. The van der Waals surface area contributed by atoms with E-state index in [0.717, 1.165) is 0 Å². The predicted octanol–water partition coefficient (Wildman–Crippen LogP) is -1.23. The van der Waals surface area contributed by atoms with Crippen LogP contribution in [0.4, 0.5) is 0 Å². The molecule has 0 saturated heterocycles. The monoisotopic (exact) mass is 168 g/mol. The van der Waals surface area contributed by atoms with Gasteiger partial charge in [-0.25, -0.2) is 4.72 Å². The Morgan fingerprint density at radius 1 is 1.60 bits per heavy atom. The average molecular weight is 168 g/mol. The molecule has 1 unspecified atom stereocenters. The number of aliphatic hydroxyl groups excluding tert-OH is 1. The van der Waals surface area contributed by atoms with Gasteiger partial charge in [-0.2, -0.15) is 13.1 Å². The van der Waals surface area contributed by atoms with Crippen molar-refractivity contribution < 1.29 is 13.5 Å². The Bertz CT molecular complexity index is 175. The van der Waals surface area contributed by atoms with Crippen molar-refractivity contribution in [2.75, 3.05) is 6.54 Å². The highest BCUT2D eigenvalue weighted by atomic mass is 32.2. The minimum Gasteiger partial charge on any atom is -0.378 e. The van der Waals surface area contributed by atoms with E-state index in [9.17, 15) is 8.42 Å². The van der Waals surface area contributed by atoms with Gasteiger partial charge in [-0.3, -0.25) is 0 Å². The van der Waals surface area contributed by atoms with Gasteiger partial charge in [0.05, 0.1) is 0 Å². The summed E-state index contributed by atoms with van der Waals surface area (Å²) >= 11 is 0. The molecule has 0 spiro atoms. The molecule has 62 valence electrons. The van der Waals surface area contributed by atoms with Crippen molar-refractivity contribution in [3.63, 3.8) is 0 Å². The van der Waals surface area contributed by atoms with Crippen LogP contribution in [0.3, 0.4) is 0 Å². The maximum atomic E-state index is 10.7. The Morgan fingerprint density at radius 2 is 2.10 bits per heavy atom. The van der Waals surface area contributed by atoms with Gasteiger partial charge >= 0.3 is 0 Å². The normalized spacial score (nSPS) is 15.1. The van der Waals surface area contributed by atoms with Crippen molar-refractivity contribution in [3.05, 3.63) is 0 Å². The highest BCUT2D eigenvalue weighted by Crippen LogP contribution is 1.78. The topological polar surface area (TPSA) is 78.4 Å². The van der Waals surface area contributed by atoms with E-state index in [2.05, 4.69) is 4.72 Å². The molecular formula is C4H12N2O3S. The fraction of sp³-hybridized carbons (Fsp3) is 1.00. The minimum atomic E-state index is -3.48. The number of hydrogen-bond donors (Lipinski definition) is 3. The van der Waals surface area contributed by atoms with Crippen molar-refractivity contribution in [3.8, 4) is 0 Å². The second kappa shape index (κ2) is 3.87. The number of aliphatic hydroxyl groups is 1. The molecule has 0 aromatic rings. The van der Waals surface area contributed by atoms with Crippen LogP contribution < -0.4 is 9.44 Å². The molecule has 10 heavy (non-hydrogen) atoms. The first-order valence-corrected chi connectivity index (χ1v) is 4.41. The van der Waals surface area contributed by atoms with Crippen molar-refractivity contribution in [1.29, 1.82) is 0 Å². The molecular weight excluding hydrogens is 156 g/mol. The van der Waals surface area contributed by atoms with Crippen LogP contribution in [-0.2, 0) is 10.2 Å². The lowest BCUT2D eigenvalue weighted by atomic mass is 10.7. The first-order valence-electron chi connectivity index (χ1n) is 2.93. The summed E-state index contributed by atoms with van der Waals surface area (Å²) in [5.74, 6) is 0. The van der Waals surface area contributed by atoms with Crippen molar-refractivity contribution in [2.45, 2.75) is 20.1 Å². The molecule has 0 bridgehead atoms. The van der Waals surface area contributed by atoms with Crippen molar-refractivity contribution >= 4 is 10.2 Å². The third-order valence-corrected chi connectivity index (χ3v) is 1.98. The van der Waals surface area contributed by atoms with Crippen LogP contribution in [-0.4, -0.2) is 26.3 Å². The summed E-state index contributed by atoms with van der Waals surface area (Å²) in [4.78, 5) is 0. The number of hydrogen-bond acceptors (Lipinski definition) is 3. The molecule has 6 heteroatoms. The van der Waals surface area contributed by atoms with E-state index in [0.29, 0.717) is 6.54 Å². The van der Waals surface area contributed by atoms with Gasteiger partial charge in [-0.05, 0) is 6.92 Å². The predicted molar refractivity (Wildman–Crippen MR) is 37.4 cm³/mol. The van der Waals surface area contributed by atoms with Gasteiger partial charge in [0, 0.05) is 6.54 Å². The summed E-state index contributed by atoms with van der Waals surface area (Å²) in [6.07, 6.45) is -1.05. The van der Waals surface area contributed by atoms with E-state index in [1.165, 1.54) is 6.92 Å². The molecule has 0 aliphatic rings. The largest absolute Gasteiger partial charge is 0.378 e. The highest BCUT2D eigenvalue weighted by Gasteiger charge is 2.08. The first kappa shape index (κ1) is 9.83. The molecule has 3 N–H and O–H groups in total. The van der Waals surface area contributed by atoms with E-state index in [4.69, 9.17) is 5.11 Å². The zero-order valence-electron chi connectivity index (χ0n) is 5.96. The molecule has 5 nitrogen and oxygen atoms in total. The Hall–Kier alpha value is -0.170. The second-order valence-corrected chi connectivity index (χ2v) is 3.33. The van der Waals surface area contributed by atoms with Crippen LogP contribution in [0, 0.1) is 0 Å². The summed E-state index contributed by atoms with van der Waals surface area (Å²) in [7, 11) is -3.48. The second-order valence-electron chi connectivity index (χ2n) is 1.80. The Labute approximate surface area is 60.6 Å². The first-order chi connectivity index (χ1) is 4.48. The van der Waals surface area contributed by atoms with E-state index < -0.39 is 16.4 Å². The average Bonchev–Trinajstić information content (AvgIpc) is 1.59. The zero-order chi connectivity index (χ0) is 8.20. The number of nitrogens with one attached hydrogen (secondary N) is 2. The molecule has 0 aliphatic heterocycles. The quantitative estimate of drug-likeness (QED) is 0.460. The van der Waals surface area contributed by atoms with Gasteiger partial charge in [-0.15, -0.1) is 0 Å². The van der Waals surface area contributed by atoms with E-state index >= 15 is 0 Å². The van der Waals surface area contributed by atoms with Crippen molar-refractivity contribution in [2.24, 2.45) is 0 Å². The summed E-state index contributed by atoms with van der Waals surface area (Å²) in [5, 5.41) is 8.58. The zero-order valence-corrected chi connectivity index (χ0v) is 6.77. The summed E-state index contributed by atoms with van der Waals surface area (Å²) in [6.45, 7) is 3.29. The fourth-order valence-corrected chi connectivity index (χ4v) is 1.37. The molecule has 0 aromatic heterocycles. The molecule has 0 fully saturated rings. The lowest BCUT2D eigenvalue weighted by molar-refractivity contribution is 0.183. The van der Waals surface area contributed by atoms with Crippen LogP contribution >= 0.6 is 0 Å². The molecule has 0 radical (unpaired) electrons. The molecule has 0 amide bonds. The van der Waals surface area contributed by atoms with Crippen LogP contribution in [0.1, 0.15) is 13.8 Å². The highest BCUT2D eigenvalue weighted by molar-refractivity contribution is 7.87.